The summed E-state index contributed by atoms with van der Waals surface area (Å²) in [6.07, 6.45) is 2.70. The summed E-state index contributed by atoms with van der Waals surface area (Å²) in [6, 6.07) is 16.6. The van der Waals surface area contributed by atoms with E-state index in [2.05, 4.69) is 0 Å². The highest BCUT2D eigenvalue weighted by Crippen LogP contribution is 2.54. The molecule has 0 saturated heterocycles. The van der Waals surface area contributed by atoms with Crippen molar-refractivity contribution < 1.29 is 40.1 Å². The van der Waals surface area contributed by atoms with Crippen LogP contribution in [0.25, 0.3) is 12.2 Å². The fourth-order valence-electron chi connectivity index (χ4n) is 4.66. The highest BCUT2D eigenvalue weighted by Gasteiger charge is 2.39. The van der Waals surface area contributed by atoms with Gasteiger partial charge in [0.2, 0.25) is 0 Å². The lowest BCUT2D eigenvalue weighted by Crippen LogP contribution is -2.11. The monoisotopic (exact) mass is 500 g/mol. The molecule has 5 rings (SSSR count). The minimum absolute atomic E-state index is 0.0402. The molecule has 6 N–H and O–H groups in total. The molecule has 37 heavy (non-hydrogen) atoms. The topological polar surface area (TPSA) is 140 Å². The first-order valence-corrected chi connectivity index (χ1v) is 11.4. The normalized spacial score (nSPS) is 16.5. The predicted molar refractivity (Wildman–Crippen MR) is 136 cm³/mol. The largest absolute Gasteiger partial charge is 0.508 e. The summed E-state index contributed by atoms with van der Waals surface area (Å²) in [5.74, 6) is -0.634. The average molecular weight is 501 g/mol. The number of phenolic OH excluding ortho intramolecular Hbond substituents is 6. The second-order valence-corrected chi connectivity index (χ2v) is 8.80. The molecule has 1 aliphatic heterocycles. The van der Waals surface area contributed by atoms with Crippen LogP contribution in [0.1, 0.15) is 39.8 Å². The Labute approximate surface area is 212 Å². The smallest absolute Gasteiger partial charge is 0.165 e. The Balaban J connectivity index is 1.63. The molecule has 1 heterocycles. The number of rotatable bonds is 5. The summed E-state index contributed by atoms with van der Waals surface area (Å²) in [7, 11) is 1.44. The van der Waals surface area contributed by atoms with Crippen molar-refractivity contribution in [3.63, 3.8) is 0 Å². The van der Waals surface area contributed by atoms with Crippen LogP contribution in [0.2, 0.25) is 0 Å². The van der Waals surface area contributed by atoms with E-state index in [1.165, 1.54) is 55.6 Å². The van der Waals surface area contributed by atoms with E-state index in [1.807, 2.05) is 6.07 Å². The van der Waals surface area contributed by atoms with Gasteiger partial charge < -0.3 is 40.1 Å². The Hall–Kier alpha value is -4.98. The van der Waals surface area contributed by atoms with E-state index in [4.69, 9.17) is 9.47 Å². The van der Waals surface area contributed by atoms with Gasteiger partial charge in [0.15, 0.2) is 23.0 Å². The summed E-state index contributed by atoms with van der Waals surface area (Å²) in [6.45, 7) is 0. The summed E-state index contributed by atoms with van der Waals surface area (Å²) in [4.78, 5) is 0. The molecule has 4 aromatic rings. The first-order chi connectivity index (χ1) is 17.7. The molecule has 0 saturated carbocycles. The molecule has 0 bridgehead atoms. The van der Waals surface area contributed by atoms with Crippen molar-refractivity contribution in [2.24, 2.45) is 0 Å². The van der Waals surface area contributed by atoms with Crippen molar-refractivity contribution in [1.29, 1.82) is 0 Å². The van der Waals surface area contributed by atoms with E-state index in [9.17, 15) is 30.6 Å². The average Bonchev–Trinajstić information content (AvgIpc) is 3.22. The molecule has 0 aliphatic carbocycles. The van der Waals surface area contributed by atoms with E-state index in [0.29, 0.717) is 27.8 Å². The lowest BCUT2D eigenvalue weighted by atomic mass is 9.84. The highest BCUT2D eigenvalue weighted by molar-refractivity contribution is 5.74. The van der Waals surface area contributed by atoms with Crippen LogP contribution in [0.15, 0.2) is 66.7 Å². The Morgan fingerprint density at radius 3 is 1.86 bits per heavy atom. The minimum Gasteiger partial charge on any atom is -0.508 e. The van der Waals surface area contributed by atoms with Gasteiger partial charge in [-0.15, -0.1) is 0 Å². The first kappa shape index (κ1) is 23.7. The molecule has 2 atom stereocenters. The molecule has 0 aromatic heterocycles. The Kier molecular flexibility index (Phi) is 5.93. The van der Waals surface area contributed by atoms with Gasteiger partial charge in [0, 0.05) is 17.7 Å². The van der Waals surface area contributed by atoms with Crippen LogP contribution in [-0.4, -0.2) is 37.7 Å². The maximum Gasteiger partial charge on any atom is 0.165 e. The molecule has 8 nitrogen and oxygen atoms in total. The molecule has 4 aromatic carbocycles. The van der Waals surface area contributed by atoms with E-state index < -0.39 is 12.0 Å². The maximum absolute atomic E-state index is 10.9. The van der Waals surface area contributed by atoms with E-state index >= 15 is 0 Å². The summed E-state index contributed by atoms with van der Waals surface area (Å²) >= 11 is 0. The molecule has 188 valence electrons. The van der Waals surface area contributed by atoms with Gasteiger partial charge in [-0.3, -0.25) is 0 Å². The SMILES string of the molecule is COc1cc([C@H]2Oc3c(O)cc(/C=C/c4cc(O)cc(O)c4)cc3[C@@H]2c2cc(O)cc(O)c2)ccc1O. The number of aromatic hydroxyl groups is 6. The number of fused-ring (bicyclic) bond motifs is 1. The van der Waals surface area contributed by atoms with E-state index in [0.717, 1.165) is 0 Å². The third-order valence-corrected chi connectivity index (χ3v) is 6.21. The Bertz CT molecular complexity index is 1480. The number of methoxy groups -OCH3 is 1. The predicted octanol–water partition coefficient (Wildman–Crippen LogP) is 5.36. The van der Waals surface area contributed by atoms with Gasteiger partial charge in [0.05, 0.1) is 13.0 Å². The molecule has 0 fully saturated rings. The molecular weight excluding hydrogens is 476 g/mol. The Morgan fingerprint density at radius 1 is 0.649 bits per heavy atom. The van der Waals surface area contributed by atoms with Gasteiger partial charge in [-0.05, 0) is 70.8 Å². The van der Waals surface area contributed by atoms with Crippen molar-refractivity contribution in [1.82, 2.24) is 0 Å². The van der Waals surface area contributed by atoms with Crippen molar-refractivity contribution in [2.45, 2.75) is 12.0 Å². The Morgan fingerprint density at radius 2 is 1.24 bits per heavy atom. The van der Waals surface area contributed by atoms with Crippen molar-refractivity contribution in [2.75, 3.05) is 7.11 Å². The van der Waals surface area contributed by atoms with E-state index in [-0.39, 0.29) is 46.0 Å². The summed E-state index contributed by atoms with van der Waals surface area (Å²) in [5, 5.41) is 60.8. The molecule has 0 radical (unpaired) electrons. The number of benzene rings is 4. The quantitative estimate of drug-likeness (QED) is 0.201. The van der Waals surface area contributed by atoms with Crippen LogP contribution in [0.5, 0.6) is 46.0 Å². The zero-order valence-electron chi connectivity index (χ0n) is 19.7. The highest BCUT2D eigenvalue weighted by atomic mass is 16.5. The van der Waals surface area contributed by atoms with Crippen molar-refractivity contribution in [3.8, 4) is 46.0 Å². The number of hydrogen-bond donors (Lipinski definition) is 6. The number of phenols is 6. The molecule has 0 unspecified atom stereocenters. The molecular formula is C29H24O8. The standard InChI is InChI=1S/C29H24O8/c1-36-26-12-17(4-5-24(26)34)28-27(18-10-21(32)14-22(33)11-18)23-8-16(9-25(35)29(23)37-28)3-2-15-6-19(30)13-20(31)7-15/h2-14,27-28,30-35H,1H3/b3-2+/t27-,28+/m0/s1. The van der Waals surface area contributed by atoms with E-state index in [1.54, 1.807) is 24.3 Å². The van der Waals surface area contributed by atoms with Crippen LogP contribution >= 0.6 is 0 Å². The molecule has 1 aliphatic rings. The molecule has 0 spiro atoms. The van der Waals surface area contributed by atoms with Crippen LogP contribution in [-0.2, 0) is 0 Å². The zero-order valence-corrected chi connectivity index (χ0v) is 19.7. The molecule has 0 amide bonds. The van der Waals surface area contributed by atoms with Gasteiger partial charge in [0.25, 0.3) is 0 Å². The van der Waals surface area contributed by atoms with Crippen molar-refractivity contribution in [3.05, 3.63) is 94.5 Å². The first-order valence-electron chi connectivity index (χ1n) is 11.4. The van der Waals surface area contributed by atoms with Crippen LogP contribution in [0.4, 0.5) is 0 Å². The minimum atomic E-state index is -0.682. The lowest BCUT2D eigenvalue weighted by Gasteiger charge is -2.21. The van der Waals surface area contributed by atoms with Crippen molar-refractivity contribution >= 4 is 12.2 Å². The lowest BCUT2D eigenvalue weighted by molar-refractivity contribution is 0.214. The second kappa shape index (κ2) is 9.23. The van der Waals surface area contributed by atoms with Crippen LogP contribution in [0, 0.1) is 0 Å². The van der Waals surface area contributed by atoms with Gasteiger partial charge in [-0.1, -0.05) is 18.2 Å². The van der Waals surface area contributed by atoms with Gasteiger partial charge in [-0.2, -0.15) is 0 Å². The fourth-order valence-corrected chi connectivity index (χ4v) is 4.66. The van der Waals surface area contributed by atoms with Gasteiger partial charge in [-0.25, -0.2) is 0 Å². The maximum atomic E-state index is 10.9. The molecule has 8 heteroatoms. The summed E-state index contributed by atoms with van der Waals surface area (Å²) in [5.41, 5.74) is 2.97. The number of ether oxygens (including phenoxy) is 2. The zero-order chi connectivity index (χ0) is 26.3. The third kappa shape index (κ3) is 4.64. The van der Waals surface area contributed by atoms with Crippen LogP contribution in [0.3, 0.4) is 0 Å². The van der Waals surface area contributed by atoms with Gasteiger partial charge >= 0.3 is 0 Å². The third-order valence-electron chi connectivity index (χ3n) is 6.21. The number of hydrogen-bond acceptors (Lipinski definition) is 8. The van der Waals surface area contributed by atoms with Gasteiger partial charge in [0.1, 0.15) is 29.1 Å². The van der Waals surface area contributed by atoms with Crippen LogP contribution < -0.4 is 9.47 Å². The summed E-state index contributed by atoms with van der Waals surface area (Å²) < 4.78 is 11.5. The second-order valence-electron chi connectivity index (χ2n) is 8.80. The fraction of sp³-hybridized carbons (Fsp3) is 0.103.